The number of aryl methyl sites for hydroxylation is 1. The third-order valence-electron chi connectivity index (χ3n) is 5.24. The zero-order valence-corrected chi connectivity index (χ0v) is 21.2. The molecule has 184 valence electrons. The number of aromatic amines is 1. The number of hydrogen-bond acceptors (Lipinski definition) is 8. The van der Waals surface area contributed by atoms with E-state index in [0.29, 0.717) is 18.6 Å². The number of aromatic nitrogens is 2. The van der Waals surface area contributed by atoms with Gasteiger partial charge in [0.05, 0.1) is 19.3 Å². The second-order valence-electron chi connectivity index (χ2n) is 8.97. The Morgan fingerprint density at radius 1 is 1.28 bits per heavy atom. The zero-order valence-electron chi connectivity index (χ0n) is 20.3. The molecule has 1 aromatic rings. The molecule has 4 atom stereocenters. The Labute approximate surface area is 191 Å². The van der Waals surface area contributed by atoms with Crippen LogP contribution in [0.5, 0.6) is 0 Å². The van der Waals surface area contributed by atoms with Crippen LogP contribution in [0.3, 0.4) is 0 Å². The highest BCUT2D eigenvalue weighted by Gasteiger charge is 2.41. The van der Waals surface area contributed by atoms with Crippen LogP contribution in [0.15, 0.2) is 15.8 Å². The first-order valence-electron chi connectivity index (χ1n) is 11.2. The van der Waals surface area contributed by atoms with Crippen molar-refractivity contribution >= 4 is 8.53 Å². The summed E-state index contributed by atoms with van der Waals surface area (Å²) < 4.78 is 22.1. The average molecular weight is 475 g/mol. The van der Waals surface area contributed by atoms with Gasteiger partial charge >= 0.3 is 5.69 Å². The van der Waals surface area contributed by atoms with E-state index >= 15 is 0 Å². The van der Waals surface area contributed by atoms with Crippen LogP contribution in [0.2, 0.25) is 0 Å². The topological polar surface area (TPSA) is 109 Å². The molecule has 2 rings (SSSR count). The van der Waals surface area contributed by atoms with Crippen molar-refractivity contribution in [3.63, 3.8) is 0 Å². The summed E-state index contributed by atoms with van der Waals surface area (Å²) in [4.78, 5) is 28.4. The number of aliphatic hydroxyl groups excluding tert-OH is 1. The molecule has 32 heavy (non-hydrogen) atoms. The molecule has 0 aromatic carbocycles. The number of nitrogens with one attached hydrogen (secondary N) is 1. The van der Waals surface area contributed by atoms with Crippen LogP contribution < -0.4 is 11.2 Å². The number of rotatable bonds is 12. The maximum Gasteiger partial charge on any atom is 0.330 e. The van der Waals surface area contributed by atoms with Gasteiger partial charge in [0.15, 0.2) is 0 Å². The van der Waals surface area contributed by atoms with E-state index in [4.69, 9.17) is 13.8 Å². The van der Waals surface area contributed by atoms with Gasteiger partial charge in [-0.1, -0.05) is 0 Å². The van der Waals surface area contributed by atoms with Gasteiger partial charge in [-0.3, -0.25) is 14.3 Å². The maximum absolute atomic E-state index is 12.3. The minimum Gasteiger partial charge on any atom is -0.394 e. The molecular formula is C21H39N4O6P. The lowest BCUT2D eigenvalue weighted by Crippen LogP contribution is -2.36. The number of hydrogen-bond donors (Lipinski definition) is 2. The molecule has 10 nitrogen and oxygen atoms in total. The van der Waals surface area contributed by atoms with Crippen molar-refractivity contribution in [3.8, 4) is 0 Å². The maximum atomic E-state index is 12.3. The zero-order chi connectivity index (χ0) is 24.0. The fourth-order valence-electron chi connectivity index (χ4n) is 3.71. The minimum absolute atomic E-state index is 0.199. The molecule has 1 aliphatic rings. The molecule has 2 heterocycles. The average Bonchev–Trinajstić information content (AvgIpc) is 3.09. The van der Waals surface area contributed by atoms with Gasteiger partial charge in [0.25, 0.3) is 14.1 Å². The van der Waals surface area contributed by atoms with Gasteiger partial charge < -0.3 is 23.8 Å². The summed E-state index contributed by atoms with van der Waals surface area (Å²) in [6, 6.07) is 0.398. The lowest BCUT2D eigenvalue weighted by molar-refractivity contribution is -0.0440. The molecular weight excluding hydrogens is 435 g/mol. The van der Waals surface area contributed by atoms with Crippen LogP contribution in [0, 0.1) is 6.92 Å². The largest absolute Gasteiger partial charge is 0.394 e. The quantitative estimate of drug-likeness (QED) is 0.349. The fourth-order valence-corrected chi connectivity index (χ4v) is 5.51. The summed E-state index contributed by atoms with van der Waals surface area (Å²) in [5.41, 5.74) is -0.554. The Bertz CT molecular complexity index is 819. The molecule has 11 heteroatoms. The van der Waals surface area contributed by atoms with Crippen LogP contribution in [-0.4, -0.2) is 82.4 Å². The Morgan fingerprint density at radius 2 is 1.94 bits per heavy atom. The predicted molar refractivity (Wildman–Crippen MR) is 125 cm³/mol. The molecule has 1 fully saturated rings. The number of H-pyrrole nitrogens is 1. The van der Waals surface area contributed by atoms with Crippen molar-refractivity contribution in [1.29, 1.82) is 0 Å². The minimum atomic E-state index is -1.41. The van der Waals surface area contributed by atoms with Gasteiger partial charge in [0, 0.05) is 30.3 Å². The highest BCUT2D eigenvalue weighted by molar-refractivity contribution is 7.44. The van der Waals surface area contributed by atoms with Gasteiger partial charge in [-0.2, -0.15) is 0 Å². The van der Waals surface area contributed by atoms with Crippen LogP contribution in [0.4, 0.5) is 0 Å². The van der Waals surface area contributed by atoms with E-state index in [0.717, 1.165) is 13.0 Å². The summed E-state index contributed by atoms with van der Waals surface area (Å²) in [7, 11) is 2.64. The first kappa shape index (κ1) is 27.1. The molecule has 0 bridgehead atoms. The normalized spacial score (nSPS) is 22.6. The molecule has 2 N–H and O–H groups in total. The van der Waals surface area contributed by atoms with Gasteiger partial charge in [-0.05, 0) is 61.7 Å². The van der Waals surface area contributed by atoms with Crippen molar-refractivity contribution < 1.29 is 18.9 Å². The molecule has 1 saturated heterocycles. The van der Waals surface area contributed by atoms with Crippen LogP contribution in [-0.2, 0) is 13.8 Å². The monoisotopic (exact) mass is 474 g/mol. The number of ether oxygens (including phenoxy) is 1. The summed E-state index contributed by atoms with van der Waals surface area (Å²) in [5, 5.41) is 9.91. The molecule has 0 aliphatic carbocycles. The molecule has 0 saturated carbocycles. The van der Waals surface area contributed by atoms with Crippen LogP contribution in [0.1, 0.15) is 52.3 Å². The number of aliphatic hydroxyl groups is 1. The molecule has 0 amide bonds. The molecule has 0 radical (unpaired) electrons. The molecule has 1 unspecified atom stereocenters. The Balaban J connectivity index is 2.19. The summed E-state index contributed by atoms with van der Waals surface area (Å²) in [5.74, 6) is 0. The van der Waals surface area contributed by atoms with E-state index in [9.17, 15) is 14.7 Å². The predicted octanol–water partition coefficient (Wildman–Crippen LogP) is 1.82. The van der Waals surface area contributed by atoms with E-state index < -0.39 is 38.2 Å². The van der Waals surface area contributed by atoms with E-state index in [1.165, 1.54) is 10.8 Å². The Hall–Kier alpha value is -1.13. The van der Waals surface area contributed by atoms with Gasteiger partial charge in [-0.15, -0.1) is 0 Å². The third-order valence-corrected chi connectivity index (χ3v) is 7.40. The number of nitrogens with zero attached hydrogens (tertiary/aromatic N) is 3. The summed E-state index contributed by atoms with van der Waals surface area (Å²) in [6.07, 6.45) is 1.02. The van der Waals surface area contributed by atoms with Crippen molar-refractivity contribution in [1.82, 2.24) is 19.1 Å². The van der Waals surface area contributed by atoms with Crippen LogP contribution >= 0.6 is 8.53 Å². The highest BCUT2D eigenvalue weighted by Crippen LogP contribution is 2.49. The first-order valence-corrected chi connectivity index (χ1v) is 12.3. The van der Waals surface area contributed by atoms with Gasteiger partial charge in [0.1, 0.15) is 12.3 Å². The molecule has 0 spiro atoms. The van der Waals surface area contributed by atoms with Crippen molar-refractivity contribution in [2.45, 2.75) is 78.0 Å². The van der Waals surface area contributed by atoms with Crippen LogP contribution in [0.25, 0.3) is 0 Å². The molecule has 1 aromatic heterocycles. The van der Waals surface area contributed by atoms with E-state index in [-0.39, 0.29) is 18.7 Å². The van der Waals surface area contributed by atoms with E-state index in [2.05, 4.69) is 42.2 Å². The van der Waals surface area contributed by atoms with Crippen molar-refractivity contribution in [2.75, 3.05) is 33.9 Å². The lowest BCUT2D eigenvalue weighted by Gasteiger charge is -2.37. The fraction of sp³-hybridized carbons (Fsp3) is 0.810. The highest BCUT2D eigenvalue weighted by atomic mass is 31.2. The van der Waals surface area contributed by atoms with E-state index in [1.54, 1.807) is 6.92 Å². The second-order valence-corrected chi connectivity index (χ2v) is 10.4. The van der Waals surface area contributed by atoms with Crippen molar-refractivity contribution in [3.05, 3.63) is 32.6 Å². The standard InChI is InChI=1S/C21H39N4O6P/c1-14(2)25(15(3)4)32(29-10-8-9-23(6)7)31-17-11-19(30-18(17)13-26)24-12-16(5)20(27)22-21(24)28/h12,14-15,17-19,26H,8-11,13H2,1-7H3,(H,22,27,28)/t17-,18-,19-,32?/m1/s1. The van der Waals surface area contributed by atoms with Crippen molar-refractivity contribution in [2.24, 2.45) is 0 Å². The summed E-state index contributed by atoms with van der Waals surface area (Å²) in [6.45, 7) is 11.2. The third kappa shape index (κ3) is 7.18. The SMILES string of the molecule is Cc1cn([C@H]2C[C@@H](OP(OCCCN(C)C)N(C(C)C)C(C)C)[C@@H](CO)O2)c(=O)[nH]c1=O. The Kier molecular flexibility index (Phi) is 10.5. The lowest BCUT2D eigenvalue weighted by atomic mass is 10.2. The second kappa shape index (κ2) is 12.4. The molecule has 1 aliphatic heterocycles. The Morgan fingerprint density at radius 3 is 2.50 bits per heavy atom. The first-order chi connectivity index (χ1) is 15.0. The van der Waals surface area contributed by atoms with Gasteiger partial charge in [-0.25, -0.2) is 9.46 Å². The van der Waals surface area contributed by atoms with E-state index in [1.807, 2.05) is 14.1 Å². The van der Waals surface area contributed by atoms with Gasteiger partial charge in [0.2, 0.25) is 0 Å². The smallest absolute Gasteiger partial charge is 0.330 e. The summed E-state index contributed by atoms with van der Waals surface area (Å²) >= 11 is 0.